The van der Waals surface area contributed by atoms with Crippen molar-refractivity contribution in [3.8, 4) is 0 Å². The highest BCUT2D eigenvalue weighted by molar-refractivity contribution is 7.46. The van der Waals surface area contributed by atoms with Gasteiger partial charge in [-0.25, -0.2) is 4.57 Å². The van der Waals surface area contributed by atoms with Gasteiger partial charge in [-0.1, -0.05) is 137 Å². The van der Waals surface area contributed by atoms with E-state index in [2.05, 4.69) is 110 Å². The average Bonchev–Trinajstić information content (AvgIpc) is 3.91. The molecule has 10 heteroatoms. The number of phosphoric ester groups is 1. The van der Waals surface area contributed by atoms with E-state index < -0.39 is 32.5 Å². The maximum absolute atomic E-state index is 12.4. The van der Waals surface area contributed by atoms with Gasteiger partial charge < -0.3 is 24.0 Å². The zero-order chi connectivity index (χ0) is 40.1. The lowest BCUT2D eigenvalue weighted by Crippen LogP contribution is -2.29. The van der Waals surface area contributed by atoms with E-state index >= 15 is 0 Å². The van der Waals surface area contributed by atoms with Crippen LogP contribution >= 0.6 is 7.82 Å². The van der Waals surface area contributed by atoms with Crippen molar-refractivity contribution in [1.29, 1.82) is 0 Å². The fourth-order valence-corrected chi connectivity index (χ4v) is 5.73. The summed E-state index contributed by atoms with van der Waals surface area (Å²) >= 11 is 0. The van der Waals surface area contributed by atoms with E-state index in [0.29, 0.717) is 31.5 Å². The number of epoxide rings is 1. The van der Waals surface area contributed by atoms with E-state index in [-0.39, 0.29) is 19.4 Å². The highest BCUT2D eigenvalue weighted by Crippen LogP contribution is 2.36. The summed E-state index contributed by atoms with van der Waals surface area (Å²) in [4.78, 5) is 42.8. The first-order valence-corrected chi connectivity index (χ1v) is 22.2. The van der Waals surface area contributed by atoms with Crippen LogP contribution in [0.5, 0.6) is 0 Å². The Balaban J connectivity index is 2.14. The second-order valence-electron chi connectivity index (χ2n) is 13.6. The van der Waals surface area contributed by atoms with Gasteiger partial charge in [0.2, 0.25) is 0 Å². The minimum absolute atomic E-state index is 0.153. The van der Waals surface area contributed by atoms with Gasteiger partial charge in [0.05, 0.1) is 18.8 Å². The van der Waals surface area contributed by atoms with Crippen LogP contribution in [-0.2, 0) is 32.9 Å². The van der Waals surface area contributed by atoms with Gasteiger partial charge in [0.1, 0.15) is 6.61 Å². The van der Waals surface area contributed by atoms with Gasteiger partial charge in [0, 0.05) is 12.8 Å². The molecule has 1 aliphatic heterocycles. The molecule has 1 fully saturated rings. The van der Waals surface area contributed by atoms with Gasteiger partial charge >= 0.3 is 19.8 Å². The molecule has 0 amide bonds. The molecule has 1 rings (SSSR count). The number of carbonyl (C=O) groups excluding carboxylic acids is 2. The number of hydrogen-bond acceptors (Lipinski definition) is 7. The maximum atomic E-state index is 12.4. The Hall–Kier alpha value is -3.07. The Bertz CT molecular complexity index is 1270. The second kappa shape index (κ2) is 35.4. The van der Waals surface area contributed by atoms with Gasteiger partial charge in [-0.3, -0.25) is 14.1 Å². The molecule has 2 unspecified atom stereocenters. The van der Waals surface area contributed by atoms with Crippen LogP contribution < -0.4 is 0 Å². The predicted molar refractivity (Wildman–Crippen MR) is 224 cm³/mol. The van der Waals surface area contributed by atoms with Crippen LogP contribution in [0.4, 0.5) is 0 Å². The van der Waals surface area contributed by atoms with Crippen molar-refractivity contribution < 1.29 is 42.7 Å². The lowest BCUT2D eigenvalue weighted by molar-refractivity contribution is -0.161. The molecule has 0 aromatic rings. The second-order valence-corrected chi connectivity index (χ2v) is 14.9. The van der Waals surface area contributed by atoms with Crippen LogP contribution in [0.2, 0.25) is 0 Å². The number of allylic oxidation sites excluding steroid dienone is 15. The Labute approximate surface area is 332 Å². The molecule has 1 aliphatic rings. The number of hydrogen-bond donors (Lipinski definition) is 2. The monoisotopic (exact) mass is 786 g/mol. The van der Waals surface area contributed by atoms with E-state index in [9.17, 15) is 14.2 Å². The Morgan fingerprint density at radius 2 is 1.13 bits per heavy atom. The number of carbonyl (C=O) groups is 2. The molecular weight excluding hydrogens is 715 g/mol. The standard InChI is InChI=1S/C45H71O9P/c1-3-5-7-8-9-10-11-12-13-14-15-16-17-18-19-24-27-30-34-38-45(47)53-41(40-52-55(48,49)50)39-51-44(46)37-33-29-26-23-21-20-22-25-28-32-36-43-42(54-43)35-31-6-4-2/h5,7,9-10,12-13,15-16,18-20,22-23,26,28,32,41-43H,3-4,6,8,11,14,17,21,24-25,27,29-31,33-40H2,1-2H3,(H2,48,49,50)/b7-5-,10-9-,13-12-,16-15-,19-18-,22-20-,26-23-,32-28-/t41-,42?,43?/m1/s1. The lowest BCUT2D eigenvalue weighted by atomic mass is 10.1. The van der Waals surface area contributed by atoms with E-state index in [1.54, 1.807) is 0 Å². The van der Waals surface area contributed by atoms with E-state index in [4.69, 9.17) is 24.0 Å². The molecule has 0 bridgehead atoms. The summed E-state index contributed by atoms with van der Waals surface area (Å²) in [6.07, 6.45) is 51.6. The van der Waals surface area contributed by atoms with Gasteiger partial charge in [-0.05, 0) is 89.9 Å². The van der Waals surface area contributed by atoms with Crippen LogP contribution in [0.3, 0.4) is 0 Å². The van der Waals surface area contributed by atoms with Crippen molar-refractivity contribution >= 4 is 19.8 Å². The molecule has 1 heterocycles. The maximum Gasteiger partial charge on any atom is 0.469 e. The minimum Gasteiger partial charge on any atom is -0.462 e. The third kappa shape index (κ3) is 35.1. The normalized spacial score (nSPS) is 17.2. The Morgan fingerprint density at radius 3 is 1.69 bits per heavy atom. The summed E-state index contributed by atoms with van der Waals surface area (Å²) in [7, 11) is -4.79. The zero-order valence-electron chi connectivity index (χ0n) is 33.7. The fourth-order valence-electron chi connectivity index (χ4n) is 5.37. The molecule has 0 spiro atoms. The lowest BCUT2D eigenvalue weighted by Gasteiger charge is -2.18. The third-order valence-corrected chi connectivity index (χ3v) is 9.00. The first kappa shape index (κ1) is 49.9. The van der Waals surface area contributed by atoms with E-state index in [1.165, 1.54) is 25.7 Å². The van der Waals surface area contributed by atoms with Gasteiger partial charge in [-0.15, -0.1) is 0 Å². The van der Waals surface area contributed by atoms with Crippen LogP contribution in [-0.4, -0.2) is 53.3 Å². The highest BCUT2D eigenvalue weighted by atomic mass is 31.2. The summed E-state index contributed by atoms with van der Waals surface area (Å²) in [5.74, 6) is -1.00. The number of phosphoric acid groups is 1. The van der Waals surface area contributed by atoms with E-state index in [0.717, 1.165) is 70.6 Å². The molecule has 3 atom stereocenters. The summed E-state index contributed by atoms with van der Waals surface area (Å²) in [5.41, 5.74) is 0. The quantitative estimate of drug-likeness (QED) is 0.0212. The Morgan fingerprint density at radius 1 is 0.600 bits per heavy atom. The minimum atomic E-state index is -4.79. The van der Waals surface area contributed by atoms with Crippen molar-refractivity contribution in [3.63, 3.8) is 0 Å². The van der Waals surface area contributed by atoms with Gasteiger partial charge in [0.25, 0.3) is 0 Å². The highest BCUT2D eigenvalue weighted by Gasteiger charge is 2.36. The largest absolute Gasteiger partial charge is 0.469 e. The average molecular weight is 787 g/mol. The summed E-state index contributed by atoms with van der Waals surface area (Å²) in [5, 5.41) is 0. The molecule has 2 N–H and O–H groups in total. The third-order valence-electron chi connectivity index (χ3n) is 8.51. The first-order valence-electron chi connectivity index (χ1n) is 20.7. The van der Waals surface area contributed by atoms with Crippen LogP contribution in [0.1, 0.15) is 142 Å². The van der Waals surface area contributed by atoms with Crippen molar-refractivity contribution in [3.05, 3.63) is 97.2 Å². The number of unbranched alkanes of at least 4 members (excludes halogenated alkanes) is 6. The zero-order valence-corrected chi connectivity index (χ0v) is 34.6. The van der Waals surface area contributed by atoms with Crippen LogP contribution in [0, 0.1) is 0 Å². The molecule has 0 saturated carbocycles. The molecule has 1 saturated heterocycles. The van der Waals surface area contributed by atoms with E-state index in [1.807, 2.05) is 6.08 Å². The molecule has 55 heavy (non-hydrogen) atoms. The van der Waals surface area contributed by atoms with Crippen molar-refractivity contribution in [2.45, 2.75) is 161 Å². The van der Waals surface area contributed by atoms with Crippen molar-refractivity contribution in [2.24, 2.45) is 0 Å². The van der Waals surface area contributed by atoms with Crippen LogP contribution in [0.25, 0.3) is 0 Å². The Kier molecular flexibility index (Phi) is 32.1. The number of esters is 2. The molecule has 310 valence electrons. The first-order chi connectivity index (χ1) is 26.7. The van der Waals surface area contributed by atoms with Crippen LogP contribution in [0.15, 0.2) is 97.2 Å². The number of rotatable bonds is 35. The topological polar surface area (TPSA) is 132 Å². The molecular formula is C45H71O9P. The summed E-state index contributed by atoms with van der Waals surface area (Å²) < 4.78 is 32.0. The molecule has 0 radical (unpaired) electrons. The predicted octanol–water partition coefficient (Wildman–Crippen LogP) is 11.6. The number of ether oxygens (including phenoxy) is 3. The summed E-state index contributed by atoms with van der Waals surface area (Å²) in [6, 6.07) is 0. The smallest absolute Gasteiger partial charge is 0.462 e. The summed E-state index contributed by atoms with van der Waals surface area (Å²) in [6.45, 7) is 3.44. The van der Waals surface area contributed by atoms with Crippen molar-refractivity contribution in [2.75, 3.05) is 13.2 Å². The molecule has 0 aromatic heterocycles. The molecule has 0 aliphatic carbocycles. The van der Waals surface area contributed by atoms with Gasteiger partial charge in [-0.2, -0.15) is 0 Å². The molecule has 0 aromatic carbocycles. The molecule has 9 nitrogen and oxygen atoms in total. The fraction of sp³-hybridized carbons (Fsp3) is 0.600. The van der Waals surface area contributed by atoms with Crippen molar-refractivity contribution in [1.82, 2.24) is 0 Å². The van der Waals surface area contributed by atoms with Gasteiger partial charge in [0.15, 0.2) is 6.10 Å². The SMILES string of the molecule is CC/C=C\C/C=C\C/C=C\C/C=C\C/C=C\CCCCCC(=O)O[C@H](COC(=O)CCC/C=C\C/C=C\C/C=C\CC1OC1CCCCC)COP(=O)(O)O.